The normalized spacial score (nSPS) is 62.0. The summed E-state index contributed by atoms with van der Waals surface area (Å²) in [5.41, 5.74) is 1.77. The van der Waals surface area contributed by atoms with Gasteiger partial charge in [-0.2, -0.15) is 0 Å². The van der Waals surface area contributed by atoms with Crippen LogP contribution in [-0.2, 0) is 33.5 Å². The Morgan fingerprint density at radius 3 is 2.45 bits per heavy atom. The Morgan fingerprint density at radius 1 is 0.796 bits per heavy atom. The van der Waals surface area contributed by atoms with Crippen LogP contribution in [0.25, 0.3) is 0 Å². The van der Waals surface area contributed by atoms with E-state index in [2.05, 4.69) is 47.6 Å². The quantitative estimate of drug-likeness (QED) is 0.213. The minimum Gasteiger partial charge on any atom is -0.349 e. The summed E-state index contributed by atoms with van der Waals surface area (Å²) in [6.45, 7) is 17.7. The van der Waals surface area contributed by atoms with E-state index in [0.717, 1.165) is 62.9 Å². The van der Waals surface area contributed by atoms with Crippen molar-refractivity contribution in [1.82, 2.24) is 0 Å². The lowest BCUT2D eigenvalue weighted by molar-refractivity contribution is -0.578. The Hall–Kier alpha value is -0.540. The molecule has 0 amide bonds. The van der Waals surface area contributed by atoms with Crippen LogP contribution < -0.4 is 0 Å². The summed E-state index contributed by atoms with van der Waals surface area (Å²) in [7, 11) is 0. The molecular weight excluding hydrogens is 616 g/mol. The zero-order valence-electron chi connectivity index (χ0n) is 31.4. The van der Waals surface area contributed by atoms with Crippen LogP contribution in [0.2, 0.25) is 0 Å². The minimum absolute atomic E-state index is 0.190. The maximum absolute atomic E-state index is 7.06. The molecule has 274 valence electrons. The molecule has 0 aromatic rings. The number of rotatable bonds is 2. The van der Waals surface area contributed by atoms with Gasteiger partial charge in [0.1, 0.15) is 0 Å². The van der Waals surface area contributed by atoms with Crippen molar-refractivity contribution in [2.75, 3.05) is 6.61 Å². The van der Waals surface area contributed by atoms with Crippen LogP contribution in [0.5, 0.6) is 0 Å². The Kier molecular flexibility index (Phi) is 7.43. The highest BCUT2D eigenvalue weighted by atomic mass is 17.3. The number of ether oxygens (including phenoxy) is 5. The van der Waals surface area contributed by atoms with E-state index in [0.29, 0.717) is 47.0 Å². The molecule has 6 aliphatic heterocycles. The maximum Gasteiger partial charge on any atom is 0.201 e. The molecule has 5 aliphatic carbocycles. The summed E-state index contributed by atoms with van der Waals surface area (Å²) in [6.07, 6.45) is 17.6. The summed E-state index contributed by atoms with van der Waals surface area (Å²) < 4.78 is 34.2. The van der Waals surface area contributed by atoms with Crippen LogP contribution in [0.4, 0.5) is 0 Å². The molecule has 4 saturated carbocycles. The van der Waals surface area contributed by atoms with Gasteiger partial charge in [-0.3, -0.25) is 0 Å². The van der Waals surface area contributed by atoms with E-state index in [4.69, 9.17) is 33.5 Å². The molecule has 2 bridgehead atoms. The molecule has 6 heterocycles. The number of hydrogen-bond acceptors (Lipinski definition) is 7. The zero-order valence-corrected chi connectivity index (χ0v) is 31.4. The first-order chi connectivity index (χ1) is 23.4. The lowest BCUT2D eigenvalue weighted by atomic mass is 9.47. The van der Waals surface area contributed by atoms with Gasteiger partial charge in [-0.1, -0.05) is 53.2 Å². The number of hydrogen-bond donors (Lipinski definition) is 0. The molecule has 11 aliphatic rings. The fourth-order valence-corrected chi connectivity index (χ4v) is 15.0. The average Bonchev–Trinajstić information content (AvgIpc) is 3.39. The van der Waals surface area contributed by atoms with E-state index in [1.807, 2.05) is 6.92 Å². The number of allylic oxidation sites excluding steroid dienone is 1. The van der Waals surface area contributed by atoms with Crippen LogP contribution in [0.3, 0.4) is 0 Å². The fourth-order valence-electron chi connectivity index (χ4n) is 15.0. The third-order valence-electron chi connectivity index (χ3n) is 17.7. The van der Waals surface area contributed by atoms with Crippen LogP contribution in [-0.4, -0.2) is 48.6 Å². The van der Waals surface area contributed by atoms with E-state index in [9.17, 15) is 0 Å². The third-order valence-corrected chi connectivity index (χ3v) is 17.7. The predicted molar refractivity (Wildman–Crippen MR) is 183 cm³/mol. The van der Waals surface area contributed by atoms with Gasteiger partial charge < -0.3 is 23.7 Å². The minimum atomic E-state index is -0.749. The van der Waals surface area contributed by atoms with Gasteiger partial charge in [0.15, 0.2) is 24.0 Å². The van der Waals surface area contributed by atoms with Gasteiger partial charge in [0.2, 0.25) is 5.79 Å². The van der Waals surface area contributed by atoms with Crippen LogP contribution in [0.1, 0.15) is 132 Å². The van der Waals surface area contributed by atoms with Crippen LogP contribution >= 0.6 is 0 Å². The monoisotopic (exact) mass is 680 g/mol. The third kappa shape index (κ3) is 4.45. The van der Waals surface area contributed by atoms with Gasteiger partial charge in [0.05, 0.1) is 18.8 Å². The lowest BCUT2D eigenvalue weighted by Gasteiger charge is -2.61. The lowest BCUT2D eigenvalue weighted by Crippen LogP contribution is -2.70. The molecule has 7 nitrogen and oxygen atoms in total. The Morgan fingerprint density at radius 2 is 1.63 bits per heavy atom. The van der Waals surface area contributed by atoms with Gasteiger partial charge >= 0.3 is 0 Å². The van der Waals surface area contributed by atoms with Crippen LogP contribution in [0.15, 0.2) is 11.6 Å². The molecule has 7 heteroatoms. The van der Waals surface area contributed by atoms with Gasteiger partial charge in [0.25, 0.3) is 0 Å². The molecule has 8 unspecified atom stereocenters. The molecule has 2 spiro atoms. The second-order valence-corrected chi connectivity index (χ2v) is 20.1. The number of fused-ring (bicyclic) bond motifs is 9. The molecule has 0 aromatic carbocycles. The van der Waals surface area contributed by atoms with Gasteiger partial charge in [-0.25, -0.2) is 9.78 Å². The van der Waals surface area contributed by atoms with Gasteiger partial charge in [-0.15, -0.1) is 0 Å². The first kappa shape index (κ1) is 33.1. The van der Waals surface area contributed by atoms with Gasteiger partial charge in [-0.05, 0) is 130 Å². The fraction of sp³-hybridized carbons (Fsp3) is 0.952. The van der Waals surface area contributed by atoms with Crippen molar-refractivity contribution in [2.45, 2.75) is 174 Å². The molecule has 19 atom stereocenters. The molecule has 11 rings (SSSR count). The largest absolute Gasteiger partial charge is 0.349 e. The molecule has 0 aromatic heterocycles. The summed E-state index contributed by atoms with van der Waals surface area (Å²) in [4.78, 5) is 12.5. The van der Waals surface area contributed by atoms with Crippen molar-refractivity contribution < 1.29 is 33.5 Å². The van der Waals surface area contributed by atoms with Crippen molar-refractivity contribution in [3.8, 4) is 0 Å². The second kappa shape index (κ2) is 11.0. The van der Waals surface area contributed by atoms with E-state index < -0.39 is 17.7 Å². The van der Waals surface area contributed by atoms with E-state index in [1.165, 1.54) is 44.9 Å². The molecule has 10 fully saturated rings. The predicted octanol–water partition coefficient (Wildman–Crippen LogP) is 8.95. The Bertz CT molecular complexity index is 1360. The highest BCUT2D eigenvalue weighted by molar-refractivity contribution is 5.26. The highest BCUT2D eigenvalue weighted by Crippen LogP contribution is 2.71. The molecule has 6 saturated heterocycles. The topological polar surface area (TPSA) is 64.6 Å². The summed E-state index contributed by atoms with van der Waals surface area (Å²) in [5.74, 6) is 4.45. The molecule has 0 N–H and O–H groups in total. The van der Waals surface area contributed by atoms with Crippen molar-refractivity contribution in [3.05, 3.63) is 11.6 Å². The smallest absolute Gasteiger partial charge is 0.201 e. The first-order valence-corrected chi connectivity index (χ1v) is 20.8. The second-order valence-electron chi connectivity index (χ2n) is 20.1. The van der Waals surface area contributed by atoms with Crippen molar-refractivity contribution in [3.63, 3.8) is 0 Å². The standard InChI is InChI=1S/C42H64O7/c1-23-12-19-41(43-22-23)26(4)35-34(46-41)21-33-29-10-9-27-20-28(13-16-38(27,5)32(29)14-17-39(33,35)6)44-36-25(3)31-11-8-24(2)30-15-18-40(7)47-37(45-36)42(30,31)49-48-40/h9,23-26,28-37H,8,10-22H2,1-7H3/t23?,24-,25-,26+,28+,29?,30?,31?,32?,33?,34+,35+,36?,37?,38+,39+,40+,41+,42-/m1/s1. The molecular formula is C42H64O7. The van der Waals surface area contributed by atoms with Crippen molar-refractivity contribution >= 4 is 0 Å². The first-order valence-electron chi connectivity index (χ1n) is 20.8. The Balaban J connectivity index is 0.849. The summed E-state index contributed by atoms with van der Waals surface area (Å²) >= 11 is 0. The van der Waals surface area contributed by atoms with E-state index >= 15 is 0 Å². The van der Waals surface area contributed by atoms with E-state index in [1.54, 1.807) is 5.57 Å². The van der Waals surface area contributed by atoms with Crippen LogP contribution in [0, 0.1) is 70.0 Å². The van der Waals surface area contributed by atoms with Crippen molar-refractivity contribution in [2.24, 2.45) is 70.0 Å². The summed E-state index contributed by atoms with van der Waals surface area (Å²) in [5, 5.41) is 0. The summed E-state index contributed by atoms with van der Waals surface area (Å²) in [6, 6.07) is 0. The van der Waals surface area contributed by atoms with E-state index in [-0.39, 0.29) is 29.5 Å². The maximum atomic E-state index is 7.06. The Labute approximate surface area is 295 Å². The van der Waals surface area contributed by atoms with Crippen molar-refractivity contribution in [1.29, 1.82) is 0 Å². The highest BCUT2D eigenvalue weighted by Gasteiger charge is 2.71. The SMILES string of the molecule is CC1CC[C@]2(OC1)O[C@H]1CC3C4CC=C5C[C@@H](OC6OC7O[C@]8(C)CCC9[C@H](C)CCC([C@H]6C)[C@@]79OO8)CC[C@]5(C)C4CC[C@]3(C)[C@H]1[C@@H]2C. The average molecular weight is 681 g/mol. The molecule has 49 heavy (non-hydrogen) atoms. The molecule has 0 radical (unpaired) electrons. The van der Waals surface area contributed by atoms with Gasteiger partial charge in [0, 0.05) is 30.6 Å². The zero-order chi connectivity index (χ0) is 33.7.